The Kier molecular flexibility index (Phi) is 2.91. The van der Waals surface area contributed by atoms with Gasteiger partial charge >= 0.3 is 0 Å². The highest BCUT2D eigenvalue weighted by Crippen LogP contribution is 2.34. The van der Waals surface area contributed by atoms with Crippen molar-refractivity contribution in [2.45, 2.75) is 24.2 Å². The van der Waals surface area contributed by atoms with Crippen LogP contribution in [0.5, 0.6) is 0 Å². The lowest BCUT2D eigenvalue weighted by molar-refractivity contribution is 0.288. The molecule has 2 heteroatoms. The molecule has 0 atom stereocenters. The first-order valence-corrected chi connectivity index (χ1v) is 5.75. The van der Waals surface area contributed by atoms with Gasteiger partial charge in [-0.3, -0.25) is 0 Å². The first-order chi connectivity index (χ1) is 6.42. The van der Waals surface area contributed by atoms with Gasteiger partial charge < -0.3 is 5.11 Å². The van der Waals surface area contributed by atoms with E-state index in [1.165, 1.54) is 28.2 Å². The second-order valence-electron chi connectivity index (χ2n) is 3.33. The molecule has 0 bridgehead atoms. The van der Waals surface area contributed by atoms with Gasteiger partial charge in [-0.25, -0.2) is 0 Å². The first-order valence-electron chi connectivity index (χ1n) is 4.76. The van der Waals surface area contributed by atoms with Crippen molar-refractivity contribution in [3.63, 3.8) is 0 Å². The molecule has 0 amide bonds. The molecule has 0 saturated heterocycles. The predicted molar refractivity (Wildman–Crippen MR) is 56.3 cm³/mol. The predicted octanol–water partition coefficient (Wildman–Crippen LogP) is 2.26. The van der Waals surface area contributed by atoms with Gasteiger partial charge in [-0.2, -0.15) is 0 Å². The topological polar surface area (TPSA) is 20.2 Å². The number of aliphatic hydroxyl groups is 1. The summed E-state index contributed by atoms with van der Waals surface area (Å²) in [7, 11) is 0. The molecule has 1 heterocycles. The Labute approximate surface area is 83.2 Å². The Morgan fingerprint density at radius 1 is 1.38 bits per heavy atom. The number of benzene rings is 1. The average molecular weight is 194 g/mol. The third-order valence-corrected chi connectivity index (χ3v) is 3.62. The normalized spacial score (nSPS) is 14.5. The van der Waals surface area contributed by atoms with E-state index in [0.29, 0.717) is 6.61 Å². The van der Waals surface area contributed by atoms with Crippen LogP contribution in [-0.4, -0.2) is 17.5 Å². The molecule has 1 aromatic carbocycles. The molecule has 1 aliphatic heterocycles. The number of rotatable bonds is 3. The third kappa shape index (κ3) is 1.89. The minimum Gasteiger partial charge on any atom is -0.396 e. The monoisotopic (exact) mass is 194 g/mol. The van der Waals surface area contributed by atoms with Crippen molar-refractivity contribution in [3.8, 4) is 0 Å². The lowest BCUT2D eigenvalue weighted by Gasteiger charge is -2.05. The van der Waals surface area contributed by atoms with E-state index in [1.54, 1.807) is 0 Å². The molecule has 1 N–H and O–H groups in total. The summed E-state index contributed by atoms with van der Waals surface area (Å²) < 4.78 is 0. The van der Waals surface area contributed by atoms with Crippen LogP contribution in [0.15, 0.2) is 23.1 Å². The molecule has 70 valence electrons. The van der Waals surface area contributed by atoms with Gasteiger partial charge in [-0.15, -0.1) is 11.8 Å². The maximum absolute atomic E-state index is 8.77. The van der Waals surface area contributed by atoms with Crippen molar-refractivity contribution in [1.82, 2.24) is 0 Å². The Bertz CT molecular complexity index is 296. The van der Waals surface area contributed by atoms with Crippen LogP contribution in [0.3, 0.4) is 0 Å². The lowest BCUT2D eigenvalue weighted by atomic mass is 10.1. The van der Waals surface area contributed by atoms with E-state index in [9.17, 15) is 0 Å². The molecule has 13 heavy (non-hydrogen) atoms. The summed E-state index contributed by atoms with van der Waals surface area (Å²) in [5.41, 5.74) is 2.93. The minimum absolute atomic E-state index is 0.300. The maximum Gasteiger partial charge on any atom is 0.0434 e. The van der Waals surface area contributed by atoms with E-state index >= 15 is 0 Å². The van der Waals surface area contributed by atoms with Crippen molar-refractivity contribution in [1.29, 1.82) is 0 Å². The Hall–Kier alpha value is -0.470. The zero-order chi connectivity index (χ0) is 9.10. The van der Waals surface area contributed by atoms with Gasteiger partial charge in [0, 0.05) is 17.3 Å². The van der Waals surface area contributed by atoms with Crippen LogP contribution in [0.2, 0.25) is 0 Å². The molecule has 0 saturated carbocycles. The minimum atomic E-state index is 0.300. The Morgan fingerprint density at radius 3 is 3.15 bits per heavy atom. The van der Waals surface area contributed by atoms with Crippen LogP contribution in [0.4, 0.5) is 0 Å². The fourth-order valence-corrected chi connectivity index (χ4v) is 2.99. The molecule has 0 unspecified atom stereocenters. The van der Waals surface area contributed by atoms with Gasteiger partial charge in [0.15, 0.2) is 0 Å². The second-order valence-corrected chi connectivity index (χ2v) is 4.44. The molecule has 2 rings (SSSR count). The highest BCUT2D eigenvalue weighted by Gasteiger charge is 2.13. The molecule has 0 aliphatic carbocycles. The van der Waals surface area contributed by atoms with E-state index in [4.69, 9.17) is 5.11 Å². The maximum atomic E-state index is 8.77. The number of aliphatic hydroxyl groups excluding tert-OH is 1. The Balaban J connectivity index is 2.20. The van der Waals surface area contributed by atoms with Crippen LogP contribution < -0.4 is 0 Å². The van der Waals surface area contributed by atoms with Crippen molar-refractivity contribution in [2.24, 2.45) is 0 Å². The van der Waals surface area contributed by atoms with Crippen molar-refractivity contribution in [3.05, 3.63) is 29.3 Å². The summed E-state index contributed by atoms with van der Waals surface area (Å²) in [6.07, 6.45) is 3.12. The van der Waals surface area contributed by atoms with Crippen molar-refractivity contribution >= 4 is 11.8 Å². The van der Waals surface area contributed by atoms with Gasteiger partial charge in [0.2, 0.25) is 0 Å². The highest BCUT2D eigenvalue weighted by atomic mass is 32.2. The molecule has 1 nitrogen and oxygen atoms in total. The molecular weight excluding hydrogens is 180 g/mol. The van der Waals surface area contributed by atoms with E-state index in [1.807, 2.05) is 11.8 Å². The fraction of sp³-hybridized carbons (Fsp3) is 0.455. The van der Waals surface area contributed by atoms with Gasteiger partial charge in [0.1, 0.15) is 0 Å². The molecule has 0 spiro atoms. The number of hydrogen-bond acceptors (Lipinski definition) is 2. The van der Waals surface area contributed by atoms with Crippen LogP contribution in [0.25, 0.3) is 0 Å². The molecule has 0 radical (unpaired) electrons. The van der Waals surface area contributed by atoms with Crippen LogP contribution in [-0.2, 0) is 12.8 Å². The van der Waals surface area contributed by atoms with E-state index in [-0.39, 0.29) is 0 Å². The molecule has 0 aromatic heterocycles. The summed E-state index contributed by atoms with van der Waals surface area (Å²) in [5.74, 6) is 1.23. The summed E-state index contributed by atoms with van der Waals surface area (Å²) in [4.78, 5) is 1.48. The smallest absolute Gasteiger partial charge is 0.0434 e. The average Bonchev–Trinajstić information content (AvgIpc) is 2.62. The molecule has 1 aliphatic rings. The number of thioether (sulfide) groups is 1. The quantitative estimate of drug-likeness (QED) is 0.796. The summed E-state index contributed by atoms with van der Waals surface area (Å²) in [6.45, 7) is 0.300. The number of aryl methyl sites for hydroxylation is 2. The molecule has 0 fully saturated rings. The summed E-state index contributed by atoms with van der Waals surface area (Å²) in [5, 5.41) is 8.77. The van der Waals surface area contributed by atoms with Gasteiger partial charge in [-0.1, -0.05) is 18.2 Å². The van der Waals surface area contributed by atoms with Crippen LogP contribution in [0.1, 0.15) is 17.5 Å². The standard InChI is InChI=1S/C11H14OS/c12-7-2-5-9-3-1-4-10-6-8-13-11(9)10/h1,3-4,12H,2,5-8H2. The first kappa shape index (κ1) is 9.10. The Morgan fingerprint density at radius 2 is 2.31 bits per heavy atom. The second kappa shape index (κ2) is 4.16. The van der Waals surface area contributed by atoms with Crippen LogP contribution in [0, 0.1) is 0 Å². The number of hydrogen-bond donors (Lipinski definition) is 1. The SMILES string of the molecule is OCCCc1cccc2c1SCC2. The van der Waals surface area contributed by atoms with Crippen molar-refractivity contribution < 1.29 is 5.11 Å². The summed E-state index contributed by atoms with van der Waals surface area (Å²) in [6, 6.07) is 6.54. The van der Waals surface area contributed by atoms with Gasteiger partial charge in [0.05, 0.1) is 0 Å². The molecular formula is C11H14OS. The summed E-state index contributed by atoms with van der Waals surface area (Å²) >= 11 is 1.96. The van der Waals surface area contributed by atoms with E-state index in [2.05, 4.69) is 18.2 Å². The fourth-order valence-electron chi connectivity index (χ4n) is 1.75. The van der Waals surface area contributed by atoms with E-state index in [0.717, 1.165) is 12.8 Å². The number of fused-ring (bicyclic) bond motifs is 1. The largest absolute Gasteiger partial charge is 0.396 e. The molecule has 1 aromatic rings. The zero-order valence-electron chi connectivity index (χ0n) is 7.62. The van der Waals surface area contributed by atoms with Gasteiger partial charge in [-0.05, 0) is 30.4 Å². The van der Waals surface area contributed by atoms with Gasteiger partial charge in [0.25, 0.3) is 0 Å². The van der Waals surface area contributed by atoms with E-state index < -0.39 is 0 Å². The zero-order valence-corrected chi connectivity index (χ0v) is 8.44. The highest BCUT2D eigenvalue weighted by molar-refractivity contribution is 7.99. The van der Waals surface area contributed by atoms with Crippen molar-refractivity contribution in [2.75, 3.05) is 12.4 Å². The van der Waals surface area contributed by atoms with Crippen LogP contribution >= 0.6 is 11.8 Å². The lowest BCUT2D eigenvalue weighted by Crippen LogP contribution is -1.92. The third-order valence-electron chi connectivity index (χ3n) is 2.40.